The molecule has 0 aliphatic rings. The molecular formula is C7H6N2O3. The van der Waals surface area contributed by atoms with Crippen molar-refractivity contribution < 1.29 is 15.1 Å². The van der Waals surface area contributed by atoms with Gasteiger partial charge in [0.2, 0.25) is 0 Å². The third-order valence-electron chi connectivity index (χ3n) is 1.18. The number of nitrogens with zero attached hydrogens (tertiary/aromatic N) is 2. The van der Waals surface area contributed by atoms with Crippen molar-refractivity contribution in [1.29, 1.82) is 0 Å². The zero-order valence-corrected chi connectivity index (χ0v) is 6.01. The lowest BCUT2D eigenvalue weighted by molar-refractivity contribution is 0.0690. The number of aromatic carboxylic acids is 1. The van der Waals surface area contributed by atoms with Crippen molar-refractivity contribution >= 4 is 12.2 Å². The summed E-state index contributed by atoms with van der Waals surface area (Å²) in [5.41, 5.74) is 0.227. The second-order valence-corrected chi connectivity index (χ2v) is 2.00. The average Bonchev–Trinajstić information content (AvgIpc) is 2.05. The van der Waals surface area contributed by atoms with Crippen LogP contribution in [0.3, 0.4) is 0 Å². The van der Waals surface area contributed by atoms with E-state index < -0.39 is 5.97 Å². The van der Waals surface area contributed by atoms with Crippen molar-refractivity contribution in [3.8, 4) is 0 Å². The molecule has 5 nitrogen and oxygen atoms in total. The van der Waals surface area contributed by atoms with Crippen molar-refractivity contribution in [2.24, 2.45) is 5.16 Å². The minimum atomic E-state index is -1.11. The number of hydrogen-bond donors (Lipinski definition) is 2. The highest BCUT2D eigenvalue weighted by Crippen LogP contribution is 1.96. The smallest absolute Gasteiger partial charge is 0.354 e. The molecule has 2 N–H and O–H groups in total. The van der Waals surface area contributed by atoms with E-state index in [-0.39, 0.29) is 5.69 Å². The number of carboxylic acids is 1. The first-order valence-corrected chi connectivity index (χ1v) is 3.12. The fraction of sp³-hybridized carbons (Fsp3) is 0. The third-order valence-corrected chi connectivity index (χ3v) is 1.18. The summed E-state index contributed by atoms with van der Waals surface area (Å²) >= 11 is 0. The van der Waals surface area contributed by atoms with E-state index in [0.717, 1.165) is 6.21 Å². The summed E-state index contributed by atoms with van der Waals surface area (Å²) in [6.45, 7) is 0. The lowest BCUT2D eigenvalue weighted by atomic mass is 10.3. The molecule has 0 amide bonds. The Morgan fingerprint density at radius 3 is 2.92 bits per heavy atom. The largest absolute Gasteiger partial charge is 0.477 e. The number of oxime groups is 1. The summed E-state index contributed by atoms with van der Waals surface area (Å²) in [6, 6.07) is 4.41. The maximum atomic E-state index is 10.4. The predicted molar refractivity (Wildman–Crippen MR) is 40.6 cm³/mol. The molecule has 0 aliphatic heterocycles. The topological polar surface area (TPSA) is 82.8 Å². The van der Waals surface area contributed by atoms with Crippen molar-refractivity contribution in [2.45, 2.75) is 0 Å². The molecule has 0 bridgehead atoms. The Balaban J connectivity index is 3.03. The Labute approximate surface area is 68.0 Å². The van der Waals surface area contributed by atoms with Gasteiger partial charge < -0.3 is 10.3 Å². The van der Waals surface area contributed by atoms with Crippen molar-refractivity contribution in [3.63, 3.8) is 0 Å². The number of rotatable bonds is 2. The van der Waals surface area contributed by atoms with Gasteiger partial charge in [-0.2, -0.15) is 0 Å². The highest BCUT2D eigenvalue weighted by atomic mass is 16.4. The first-order chi connectivity index (χ1) is 5.74. The first kappa shape index (κ1) is 8.19. The van der Waals surface area contributed by atoms with E-state index in [4.69, 9.17) is 10.3 Å². The Hall–Kier alpha value is -1.91. The van der Waals surface area contributed by atoms with Crippen LogP contribution in [0.15, 0.2) is 23.4 Å². The summed E-state index contributed by atoms with van der Waals surface area (Å²) < 4.78 is 0. The van der Waals surface area contributed by atoms with Crippen LogP contribution < -0.4 is 0 Å². The standard InChI is InChI=1S/C7H6N2O3/c10-7(11)6-3-1-2-5(9-6)4-8-12/h1-4,12H,(H,10,11)/b8-4+. The van der Waals surface area contributed by atoms with Gasteiger partial charge in [0.1, 0.15) is 5.69 Å². The molecule has 0 aliphatic carbocycles. The fourth-order valence-electron chi connectivity index (χ4n) is 0.702. The van der Waals surface area contributed by atoms with Crippen molar-refractivity contribution in [2.75, 3.05) is 0 Å². The summed E-state index contributed by atoms with van der Waals surface area (Å²) in [5, 5.41) is 19.4. The lowest BCUT2D eigenvalue weighted by Gasteiger charge is -1.93. The molecule has 1 aromatic rings. The SMILES string of the molecule is O=C(O)c1cccc(/C=N/O)n1. The summed E-state index contributed by atoms with van der Waals surface area (Å²) in [4.78, 5) is 14.0. The molecule has 0 radical (unpaired) electrons. The van der Waals surface area contributed by atoms with Crippen LogP contribution in [0.5, 0.6) is 0 Å². The van der Waals surface area contributed by atoms with Gasteiger partial charge in [0.25, 0.3) is 0 Å². The van der Waals surface area contributed by atoms with E-state index in [0.29, 0.717) is 5.69 Å². The minimum Gasteiger partial charge on any atom is -0.477 e. The van der Waals surface area contributed by atoms with Gasteiger partial charge >= 0.3 is 5.97 Å². The normalized spacial score (nSPS) is 10.3. The number of carboxylic acid groups (broad SMARTS) is 1. The van der Waals surface area contributed by atoms with Crippen molar-refractivity contribution in [1.82, 2.24) is 4.98 Å². The van der Waals surface area contributed by atoms with E-state index in [1.807, 2.05) is 0 Å². The molecule has 62 valence electrons. The molecule has 0 unspecified atom stereocenters. The number of carbonyl (C=O) groups is 1. The minimum absolute atomic E-state index is 0.0765. The maximum absolute atomic E-state index is 10.4. The zero-order valence-electron chi connectivity index (χ0n) is 6.01. The molecule has 0 spiro atoms. The van der Waals surface area contributed by atoms with E-state index in [1.54, 1.807) is 0 Å². The Kier molecular flexibility index (Phi) is 2.37. The van der Waals surface area contributed by atoms with Crippen LogP contribution >= 0.6 is 0 Å². The Morgan fingerprint density at radius 2 is 2.33 bits per heavy atom. The van der Waals surface area contributed by atoms with Gasteiger partial charge in [-0.15, -0.1) is 0 Å². The highest BCUT2D eigenvalue weighted by molar-refractivity contribution is 5.87. The molecule has 12 heavy (non-hydrogen) atoms. The van der Waals surface area contributed by atoms with Crippen molar-refractivity contribution in [3.05, 3.63) is 29.6 Å². The summed E-state index contributed by atoms with van der Waals surface area (Å²) in [6.07, 6.45) is 1.06. The van der Waals surface area contributed by atoms with Crippen LogP contribution in [0.4, 0.5) is 0 Å². The molecule has 0 fully saturated rings. The van der Waals surface area contributed by atoms with Crippen LogP contribution in [0.1, 0.15) is 16.2 Å². The van der Waals surface area contributed by atoms with Gasteiger partial charge in [-0.05, 0) is 12.1 Å². The van der Waals surface area contributed by atoms with Gasteiger partial charge in [0, 0.05) is 0 Å². The molecule has 1 rings (SSSR count). The molecule has 0 saturated carbocycles. The van der Waals surface area contributed by atoms with E-state index in [2.05, 4.69) is 10.1 Å². The van der Waals surface area contributed by atoms with Crippen LogP contribution in [0.2, 0.25) is 0 Å². The lowest BCUT2D eigenvalue weighted by Crippen LogP contribution is -2.01. The van der Waals surface area contributed by atoms with Gasteiger partial charge in [-0.1, -0.05) is 11.2 Å². The quantitative estimate of drug-likeness (QED) is 0.382. The van der Waals surface area contributed by atoms with Crippen LogP contribution in [0.25, 0.3) is 0 Å². The third kappa shape index (κ3) is 1.79. The van der Waals surface area contributed by atoms with E-state index in [9.17, 15) is 4.79 Å². The van der Waals surface area contributed by atoms with E-state index >= 15 is 0 Å². The molecular weight excluding hydrogens is 160 g/mol. The Bertz CT molecular complexity index is 322. The van der Waals surface area contributed by atoms with Gasteiger partial charge in [-0.25, -0.2) is 9.78 Å². The second kappa shape index (κ2) is 3.47. The van der Waals surface area contributed by atoms with Crippen LogP contribution in [-0.4, -0.2) is 27.5 Å². The Morgan fingerprint density at radius 1 is 1.58 bits per heavy atom. The zero-order chi connectivity index (χ0) is 8.97. The number of aromatic nitrogens is 1. The molecule has 0 aromatic carbocycles. The predicted octanol–water partition coefficient (Wildman–Crippen LogP) is 0.588. The molecule has 5 heteroatoms. The van der Waals surface area contributed by atoms with Crippen LogP contribution in [0, 0.1) is 0 Å². The maximum Gasteiger partial charge on any atom is 0.354 e. The fourth-order valence-corrected chi connectivity index (χ4v) is 0.702. The molecule has 1 aromatic heterocycles. The van der Waals surface area contributed by atoms with Gasteiger partial charge in [0.15, 0.2) is 0 Å². The summed E-state index contributed by atoms with van der Waals surface area (Å²) in [5.74, 6) is -1.11. The number of pyridine rings is 1. The highest BCUT2D eigenvalue weighted by Gasteiger charge is 2.02. The van der Waals surface area contributed by atoms with Gasteiger partial charge in [0.05, 0.1) is 11.9 Å². The second-order valence-electron chi connectivity index (χ2n) is 2.00. The molecule has 0 saturated heterocycles. The van der Waals surface area contributed by atoms with E-state index in [1.165, 1.54) is 18.2 Å². The average molecular weight is 166 g/mol. The number of hydrogen-bond acceptors (Lipinski definition) is 4. The molecule has 1 heterocycles. The molecule has 0 atom stereocenters. The first-order valence-electron chi connectivity index (χ1n) is 3.12. The van der Waals surface area contributed by atoms with Crippen LogP contribution in [-0.2, 0) is 0 Å². The monoisotopic (exact) mass is 166 g/mol. The van der Waals surface area contributed by atoms with Gasteiger partial charge in [-0.3, -0.25) is 0 Å². The summed E-state index contributed by atoms with van der Waals surface area (Å²) in [7, 11) is 0.